The maximum atomic E-state index is 11.4. The van der Waals surface area contributed by atoms with Gasteiger partial charge in [-0.2, -0.15) is 0 Å². The Bertz CT molecular complexity index is 196. The zero-order valence-electron chi connectivity index (χ0n) is 9.12. The molecule has 1 heterocycles. The van der Waals surface area contributed by atoms with Gasteiger partial charge in [-0.25, -0.2) is 0 Å². The standard InChI is InChI=1S/C10H21N3O/c1-3-9(11)10(14)12-7-8-5-4-6-13(8)2/h8-9H,3-7,11H2,1-2H3,(H,12,14)/t8?,9-/m1/s1. The fourth-order valence-electron chi connectivity index (χ4n) is 1.77. The molecule has 14 heavy (non-hydrogen) atoms. The van der Waals surface area contributed by atoms with Crippen LogP contribution in [0.3, 0.4) is 0 Å². The first-order valence-corrected chi connectivity index (χ1v) is 5.38. The van der Waals surface area contributed by atoms with E-state index in [1.807, 2.05) is 6.92 Å². The minimum absolute atomic E-state index is 0.0206. The first-order chi connectivity index (χ1) is 6.65. The molecule has 4 heteroatoms. The van der Waals surface area contributed by atoms with Gasteiger partial charge in [0, 0.05) is 12.6 Å². The highest BCUT2D eigenvalue weighted by Gasteiger charge is 2.21. The monoisotopic (exact) mass is 199 g/mol. The van der Waals surface area contributed by atoms with Crippen molar-refractivity contribution in [3.8, 4) is 0 Å². The number of hydrogen-bond donors (Lipinski definition) is 2. The number of likely N-dealkylation sites (N-methyl/N-ethyl adjacent to an activating group) is 1. The molecule has 0 spiro atoms. The highest BCUT2D eigenvalue weighted by molar-refractivity contribution is 5.81. The van der Waals surface area contributed by atoms with Crippen LogP contribution in [0.5, 0.6) is 0 Å². The van der Waals surface area contributed by atoms with Crippen molar-refractivity contribution in [2.75, 3.05) is 20.1 Å². The molecular formula is C10H21N3O. The average molecular weight is 199 g/mol. The second kappa shape index (κ2) is 5.32. The van der Waals surface area contributed by atoms with Crippen LogP contribution in [0.25, 0.3) is 0 Å². The van der Waals surface area contributed by atoms with Gasteiger partial charge in [-0.05, 0) is 32.9 Å². The van der Waals surface area contributed by atoms with Gasteiger partial charge < -0.3 is 16.0 Å². The van der Waals surface area contributed by atoms with E-state index in [1.54, 1.807) is 0 Å². The summed E-state index contributed by atoms with van der Waals surface area (Å²) in [5, 5.41) is 2.90. The van der Waals surface area contributed by atoms with E-state index in [9.17, 15) is 4.79 Å². The lowest BCUT2D eigenvalue weighted by molar-refractivity contribution is -0.122. The Balaban J connectivity index is 2.22. The molecule has 0 aromatic rings. The quantitative estimate of drug-likeness (QED) is 0.666. The largest absolute Gasteiger partial charge is 0.353 e. The molecule has 1 fully saturated rings. The van der Waals surface area contributed by atoms with Crippen molar-refractivity contribution in [2.45, 2.75) is 38.3 Å². The summed E-state index contributed by atoms with van der Waals surface area (Å²) in [5.74, 6) is -0.0206. The molecule has 1 rings (SSSR count). The van der Waals surface area contributed by atoms with Crippen LogP contribution in [0.1, 0.15) is 26.2 Å². The van der Waals surface area contributed by atoms with Crippen molar-refractivity contribution in [1.82, 2.24) is 10.2 Å². The zero-order chi connectivity index (χ0) is 10.6. The van der Waals surface area contributed by atoms with E-state index in [-0.39, 0.29) is 11.9 Å². The third-order valence-corrected chi connectivity index (χ3v) is 2.96. The van der Waals surface area contributed by atoms with Crippen LogP contribution in [0.2, 0.25) is 0 Å². The summed E-state index contributed by atoms with van der Waals surface area (Å²) in [7, 11) is 2.10. The fourth-order valence-corrected chi connectivity index (χ4v) is 1.77. The van der Waals surface area contributed by atoms with Crippen LogP contribution in [-0.4, -0.2) is 43.0 Å². The highest BCUT2D eigenvalue weighted by Crippen LogP contribution is 2.13. The molecule has 0 aliphatic carbocycles. The molecule has 1 aliphatic rings. The molecule has 4 nitrogen and oxygen atoms in total. The number of hydrogen-bond acceptors (Lipinski definition) is 3. The van der Waals surface area contributed by atoms with Crippen LogP contribution in [0, 0.1) is 0 Å². The number of rotatable bonds is 4. The van der Waals surface area contributed by atoms with Gasteiger partial charge in [0.25, 0.3) is 0 Å². The summed E-state index contributed by atoms with van der Waals surface area (Å²) in [5.41, 5.74) is 5.61. The van der Waals surface area contributed by atoms with Crippen LogP contribution < -0.4 is 11.1 Å². The minimum atomic E-state index is -0.346. The molecule has 0 aromatic heterocycles. The SMILES string of the molecule is CC[C@@H](N)C(=O)NCC1CCCN1C. The molecule has 0 radical (unpaired) electrons. The predicted molar refractivity (Wildman–Crippen MR) is 56.9 cm³/mol. The Morgan fingerprint density at radius 3 is 2.93 bits per heavy atom. The fraction of sp³-hybridized carbons (Fsp3) is 0.900. The Labute approximate surface area is 85.8 Å². The molecule has 1 aliphatic heterocycles. The number of carbonyl (C=O) groups excluding carboxylic acids is 1. The maximum absolute atomic E-state index is 11.4. The third-order valence-electron chi connectivity index (χ3n) is 2.96. The van der Waals surface area contributed by atoms with Gasteiger partial charge in [-0.15, -0.1) is 0 Å². The highest BCUT2D eigenvalue weighted by atomic mass is 16.2. The Hall–Kier alpha value is -0.610. The van der Waals surface area contributed by atoms with E-state index in [0.717, 1.165) is 13.1 Å². The van der Waals surface area contributed by atoms with Gasteiger partial charge in [0.15, 0.2) is 0 Å². The van der Waals surface area contributed by atoms with E-state index in [1.165, 1.54) is 12.8 Å². The number of amides is 1. The Morgan fingerprint density at radius 2 is 2.43 bits per heavy atom. The number of nitrogens with one attached hydrogen (secondary N) is 1. The van der Waals surface area contributed by atoms with E-state index in [4.69, 9.17) is 5.73 Å². The van der Waals surface area contributed by atoms with Crippen LogP contribution in [-0.2, 0) is 4.79 Å². The van der Waals surface area contributed by atoms with Crippen molar-refractivity contribution in [3.63, 3.8) is 0 Å². The number of carbonyl (C=O) groups is 1. The van der Waals surface area contributed by atoms with Crippen molar-refractivity contribution in [1.29, 1.82) is 0 Å². The van der Waals surface area contributed by atoms with Crippen molar-refractivity contribution in [3.05, 3.63) is 0 Å². The molecule has 0 bridgehead atoms. The molecular weight excluding hydrogens is 178 g/mol. The Kier molecular flexibility index (Phi) is 4.35. The lowest BCUT2D eigenvalue weighted by Gasteiger charge is -2.20. The topological polar surface area (TPSA) is 58.4 Å². The molecule has 3 N–H and O–H groups in total. The molecule has 1 unspecified atom stereocenters. The molecule has 0 saturated carbocycles. The third kappa shape index (κ3) is 2.96. The van der Waals surface area contributed by atoms with Gasteiger partial charge in [-0.3, -0.25) is 4.79 Å². The van der Waals surface area contributed by atoms with E-state index in [0.29, 0.717) is 12.5 Å². The molecule has 2 atom stereocenters. The van der Waals surface area contributed by atoms with Crippen molar-refractivity contribution in [2.24, 2.45) is 5.73 Å². The van der Waals surface area contributed by atoms with Crippen LogP contribution >= 0.6 is 0 Å². The second-order valence-electron chi connectivity index (χ2n) is 4.04. The normalized spacial score (nSPS) is 24.9. The number of likely N-dealkylation sites (tertiary alicyclic amines) is 1. The average Bonchev–Trinajstić information content (AvgIpc) is 2.59. The van der Waals surface area contributed by atoms with Gasteiger partial charge in [0.1, 0.15) is 0 Å². The van der Waals surface area contributed by atoms with Gasteiger partial charge in [0.2, 0.25) is 5.91 Å². The number of nitrogens with zero attached hydrogens (tertiary/aromatic N) is 1. The summed E-state index contributed by atoms with van der Waals surface area (Å²) in [6.45, 7) is 3.80. The first-order valence-electron chi connectivity index (χ1n) is 5.38. The summed E-state index contributed by atoms with van der Waals surface area (Å²) >= 11 is 0. The smallest absolute Gasteiger partial charge is 0.236 e. The Morgan fingerprint density at radius 1 is 1.71 bits per heavy atom. The van der Waals surface area contributed by atoms with E-state index < -0.39 is 0 Å². The lowest BCUT2D eigenvalue weighted by atomic mass is 10.2. The summed E-state index contributed by atoms with van der Waals surface area (Å²) in [6, 6.07) is 0.157. The molecule has 1 amide bonds. The molecule has 0 aromatic carbocycles. The summed E-state index contributed by atoms with van der Waals surface area (Å²) in [4.78, 5) is 13.7. The zero-order valence-corrected chi connectivity index (χ0v) is 9.12. The van der Waals surface area contributed by atoms with Gasteiger partial charge >= 0.3 is 0 Å². The number of nitrogens with two attached hydrogens (primary N) is 1. The maximum Gasteiger partial charge on any atom is 0.236 e. The van der Waals surface area contributed by atoms with Gasteiger partial charge in [0.05, 0.1) is 6.04 Å². The van der Waals surface area contributed by atoms with Gasteiger partial charge in [-0.1, -0.05) is 6.92 Å². The summed E-state index contributed by atoms with van der Waals surface area (Å²) < 4.78 is 0. The van der Waals surface area contributed by atoms with Crippen LogP contribution in [0.4, 0.5) is 0 Å². The van der Waals surface area contributed by atoms with E-state index >= 15 is 0 Å². The minimum Gasteiger partial charge on any atom is -0.353 e. The van der Waals surface area contributed by atoms with Crippen LogP contribution in [0.15, 0.2) is 0 Å². The molecule has 82 valence electrons. The van der Waals surface area contributed by atoms with E-state index in [2.05, 4.69) is 17.3 Å². The molecule has 1 saturated heterocycles. The van der Waals surface area contributed by atoms with Crippen molar-refractivity contribution < 1.29 is 4.79 Å². The first kappa shape index (κ1) is 11.5. The van der Waals surface area contributed by atoms with Crippen molar-refractivity contribution >= 4 is 5.91 Å². The predicted octanol–water partition coefficient (Wildman–Crippen LogP) is -0.0659. The lowest BCUT2D eigenvalue weighted by Crippen LogP contribution is -2.45. The summed E-state index contributed by atoms with van der Waals surface area (Å²) in [6.07, 6.45) is 3.11. The second-order valence-corrected chi connectivity index (χ2v) is 4.04.